The Labute approximate surface area is 60.7 Å². The third kappa shape index (κ3) is 1.56. The van der Waals surface area contributed by atoms with E-state index in [0.29, 0.717) is 0 Å². The van der Waals surface area contributed by atoms with Gasteiger partial charge in [-0.2, -0.15) is 0 Å². The molecule has 0 aliphatic heterocycles. The van der Waals surface area contributed by atoms with Crippen LogP contribution in [0, 0.1) is 0 Å². The lowest BCUT2D eigenvalue weighted by Crippen LogP contribution is -1.93. The number of alkyl halides is 1. The van der Waals surface area contributed by atoms with Crippen LogP contribution >= 0.6 is 0 Å². The summed E-state index contributed by atoms with van der Waals surface area (Å²) in [4.78, 5) is 0. The first-order valence-corrected chi connectivity index (χ1v) is 3.45. The second kappa shape index (κ2) is 3.35. The van der Waals surface area contributed by atoms with E-state index in [2.05, 4.69) is 0 Å². The minimum Gasteiger partial charge on any atom is -0.250 e. The van der Waals surface area contributed by atoms with Crippen LogP contribution in [0.15, 0.2) is 30.3 Å². The maximum atomic E-state index is 12.1. The first kappa shape index (κ1) is 7.26. The van der Waals surface area contributed by atoms with Gasteiger partial charge in [0.25, 0.3) is 0 Å². The summed E-state index contributed by atoms with van der Waals surface area (Å²) >= 11 is 0. The van der Waals surface area contributed by atoms with Gasteiger partial charge in [-0.05, 0) is 5.56 Å². The molecule has 1 aromatic rings. The second-order valence-electron chi connectivity index (χ2n) is 2.47. The van der Waals surface area contributed by atoms with Gasteiger partial charge in [-0.15, -0.1) is 0 Å². The topological polar surface area (TPSA) is 0 Å². The van der Waals surface area contributed by atoms with E-state index in [1.54, 1.807) is 0 Å². The van der Waals surface area contributed by atoms with E-state index in [-0.39, 0.29) is 12.6 Å². The molecule has 0 radical (unpaired) electrons. The molecule has 1 heteroatoms. The van der Waals surface area contributed by atoms with Gasteiger partial charge in [0, 0.05) is 5.92 Å². The van der Waals surface area contributed by atoms with Crippen molar-refractivity contribution < 1.29 is 4.39 Å². The molecule has 0 amide bonds. The zero-order valence-electron chi connectivity index (χ0n) is 6.05. The zero-order valence-corrected chi connectivity index (χ0v) is 6.05. The molecule has 0 spiro atoms. The molecule has 0 nitrogen and oxygen atoms in total. The van der Waals surface area contributed by atoms with Crippen molar-refractivity contribution in [2.45, 2.75) is 12.8 Å². The van der Waals surface area contributed by atoms with Crippen molar-refractivity contribution >= 4 is 0 Å². The molecule has 0 bridgehead atoms. The highest BCUT2D eigenvalue weighted by molar-refractivity contribution is 5.18. The van der Waals surface area contributed by atoms with Crippen molar-refractivity contribution in [2.24, 2.45) is 0 Å². The Morgan fingerprint density at radius 3 is 2.40 bits per heavy atom. The van der Waals surface area contributed by atoms with Gasteiger partial charge in [-0.3, -0.25) is 4.39 Å². The second-order valence-corrected chi connectivity index (χ2v) is 2.47. The Bertz CT molecular complexity index is 181. The zero-order chi connectivity index (χ0) is 7.40. The Balaban J connectivity index is 2.75. The molecule has 1 atom stereocenters. The third-order valence-electron chi connectivity index (χ3n) is 1.60. The summed E-state index contributed by atoms with van der Waals surface area (Å²) in [6.45, 7) is 1.61. The molecule has 1 rings (SSSR count). The molecule has 0 saturated carbocycles. The van der Waals surface area contributed by atoms with E-state index >= 15 is 0 Å². The summed E-state index contributed by atoms with van der Waals surface area (Å²) in [5, 5.41) is 0. The van der Waals surface area contributed by atoms with Crippen LogP contribution in [0.1, 0.15) is 18.4 Å². The molecule has 0 heterocycles. The number of hydrogen-bond donors (Lipinski definition) is 0. The minimum atomic E-state index is -0.274. The van der Waals surface area contributed by atoms with Gasteiger partial charge >= 0.3 is 0 Å². The minimum absolute atomic E-state index is 0.0428. The van der Waals surface area contributed by atoms with Crippen LogP contribution in [-0.2, 0) is 0 Å². The lowest BCUT2D eigenvalue weighted by molar-refractivity contribution is 0.447. The Morgan fingerprint density at radius 2 is 1.90 bits per heavy atom. The highest BCUT2D eigenvalue weighted by Crippen LogP contribution is 2.13. The van der Waals surface area contributed by atoms with Crippen molar-refractivity contribution in [1.29, 1.82) is 0 Å². The van der Waals surface area contributed by atoms with Crippen LogP contribution in [0.3, 0.4) is 0 Å². The standard InChI is InChI=1S/C9H11F/c1-8(7-10)9-5-3-2-4-6-9/h2-6,8H,7H2,1H3. The van der Waals surface area contributed by atoms with Crippen LogP contribution < -0.4 is 0 Å². The highest BCUT2D eigenvalue weighted by Gasteiger charge is 2.01. The van der Waals surface area contributed by atoms with E-state index < -0.39 is 0 Å². The maximum absolute atomic E-state index is 12.1. The maximum Gasteiger partial charge on any atom is 0.0960 e. The molecular weight excluding hydrogens is 127 g/mol. The molecule has 0 fully saturated rings. The summed E-state index contributed by atoms with van der Waals surface area (Å²) in [5.74, 6) is 0.0428. The predicted molar refractivity (Wildman–Crippen MR) is 40.8 cm³/mol. The van der Waals surface area contributed by atoms with Crippen molar-refractivity contribution in [3.8, 4) is 0 Å². The van der Waals surface area contributed by atoms with Crippen LogP contribution in [-0.4, -0.2) is 6.67 Å². The largest absolute Gasteiger partial charge is 0.250 e. The monoisotopic (exact) mass is 138 g/mol. The normalized spacial score (nSPS) is 13.0. The van der Waals surface area contributed by atoms with Gasteiger partial charge in [-0.25, -0.2) is 0 Å². The van der Waals surface area contributed by atoms with E-state index in [4.69, 9.17) is 0 Å². The summed E-state index contributed by atoms with van der Waals surface area (Å²) in [6.07, 6.45) is 0. The van der Waals surface area contributed by atoms with Gasteiger partial charge in [0.05, 0.1) is 6.67 Å². The molecule has 0 aliphatic rings. The van der Waals surface area contributed by atoms with E-state index in [0.717, 1.165) is 5.56 Å². The summed E-state index contributed by atoms with van der Waals surface area (Å²) < 4.78 is 12.1. The molecular formula is C9H11F. The van der Waals surface area contributed by atoms with Crippen molar-refractivity contribution in [2.75, 3.05) is 6.67 Å². The number of halogens is 1. The van der Waals surface area contributed by atoms with Crippen molar-refractivity contribution in [3.05, 3.63) is 35.9 Å². The van der Waals surface area contributed by atoms with Crippen LogP contribution in [0.25, 0.3) is 0 Å². The van der Waals surface area contributed by atoms with Gasteiger partial charge in [0.1, 0.15) is 0 Å². The number of rotatable bonds is 2. The molecule has 1 unspecified atom stereocenters. The molecule has 1 aromatic carbocycles. The molecule has 54 valence electrons. The van der Waals surface area contributed by atoms with Crippen LogP contribution in [0.5, 0.6) is 0 Å². The fourth-order valence-electron chi connectivity index (χ4n) is 0.871. The summed E-state index contributed by atoms with van der Waals surface area (Å²) in [7, 11) is 0. The Hall–Kier alpha value is -0.850. The Morgan fingerprint density at radius 1 is 1.30 bits per heavy atom. The van der Waals surface area contributed by atoms with Crippen molar-refractivity contribution in [3.63, 3.8) is 0 Å². The first-order chi connectivity index (χ1) is 4.84. The smallest absolute Gasteiger partial charge is 0.0960 e. The van der Waals surface area contributed by atoms with Crippen molar-refractivity contribution in [1.82, 2.24) is 0 Å². The summed E-state index contributed by atoms with van der Waals surface area (Å²) in [5.41, 5.74) is 1.07. The van der Waals surface area contributed by atoms with Gasteiger partial charge in [-0.1, -0.05) is 37.3 Å². The van der Waals surface area contributed by atoms with E-state index in [9.17, 15) is 4.39 Å². The van der Waals surface area contributed by atoms with E-state index in [1.807, 2.05) is 37.3 Å². The average molecular weight is 138 g/mol. The lowest BCUT2D eigenvalue weighted by atomic mass is 10.0. The SMILES string of the molecule is CC(CF)c1ccccc1. The molecule has 0 aliphatic carbocycles. The fraction of sp³-hybridized carbons (Fsp3) is 0.333. The Kier molecular flexibility index (Phi) is 2.43. The van der Waals surface area contributed by atoms with Gasteiger partial charge in [0.15, 0.2) is 0 Å². The van der Waals surface area contributed by atoms with Crippen LogP contribution in [0.4, 0.5) is 4.39 Å². The predicted octanol–water partition coefficient (Wildman–Crippen LogP) is 2.76. The average Bonchev–Trinajstić information content (AvgIpc) is 2.05. The number of hydrogen-bond acceptors (Lipinski definition) is 0. The molecule has 10 heavy (non-hydrogen) atoms. The van der Waals surface area contributed by atoms with Crippen LogP contribution in [0.2, 0.25) is 0 Å². The van der Waals surface area contributed by atoms with E-state index in [1.165, 1.54) is 0 Å². The number of benzene rings is 1. The highest BCUT2D eigenvalue weighted by atomic mass is 19.1. The quantitative estimate of drug-likeness (QED) is 0.589. The fourth-order valence-corrected chi connectivity index (χ4v) is 0.871. The first-order valence-electron chi connectivity index (χ1n) is 3.45. The lowest BCUT2D eigenvalue weighted by Gasteiger charge is -2.04. The summed E-state index contributed by atoms with van der Waals surface area (Å²) in [6, 6.07) is 9.70. The van der Waals surface area contributed by atoms with Gasteiger partial charge < -0.3 is 0 Å². The van der Waals surface area contributed by atoms with Gasteiger partial charge in [0.2, 0.25) is 0 Å². The third-order valence-corrected chi connectivity index (χ3v) is 1.60. The molecule has 0 aromatic heterocycles. The molecule has 0 N–H and O–H groups in total. The molecule has 0 saturated heterocycles.